The lowest BCUT2D eigenvalue weighted by Gasteiger charge is -2.15. The van der Waals surface area contributed by atoms with E-state index in [2.05, 4.69) is 16.8 Å². The number of methoxy groups -OCH3 is 1. The summed E-state index contributed by atoms with van der Waals surface area (Å²) in [6, 6.07) is 4.55. The van der Waals surface area contributed by atoms with Crippen molar-refractivity contribution < 1.29 is 9.53 Å². The van der Waals surface area contributed by atoms with Gasteiger partial charge in [0.15, 0.2) is 0 Å². The van der Waals surface area contributed by atoms with Crippen LogP contribution in [0, 0.1) is 0 Å². The minimum absolute atomic E-state index is 0.135. The van der Waals surface area contributed by atoms with Gasteiger partial charge in [0.1, 0.15) is 6.04 Å². The van der Waals surface area contributed by atoms with Crippen molar-refractivity contribution in [3.8, 4) is 0 Å². The molecule has 0 radical (unpaired) electrons. The molecule has 1 saturated carbocycles. The maximum Gasteiger partial charge on any atom is 0.322 e. The van der Waals surface area contributed by atoms with E-state index in [4.69, 9.17) is 4.74 Å². The maximum atomic E-state index is 11.6. The lowest BCUT2D eigenvalue weighted by molar-refractivity contribution is -0.143. The second kappa shape index (κ2) is 6.42. The van der Waals surface area contributed by atoms with Crippen molar-refractivity contribution in [2.24, 2.45) is 0 Å². The fourth-order valence-electron chi connectivity index (χ4n) is 1.57. The first-order valence-electron chi connectivity index (χ1n) is 5.80. The predicted molar refractivity (Wildman–Crippen MR) is 71.6 cm³/mol. The van der Waals surface area contributed by atoms with Crippen molar-refractivity contribution in [2.75, 3.05) is 12.9 Å². The molecule has 1 N–H and O–H groups in total. The molecule has 0 saturated heterocycles. The van der Waals surface area contributed by atoms with E-state index in [1.165, 1.54) is 24.2 Å². The molecule has 1 aliphatic carbocycles. The minimum atomic E-state index is -0.139. The third-order valence-electron chi connectivity index (χ3n) is 2.65. The van der Waals surface area contributed by atoms with Crippen LogP contribution in [-0.4, -0.2) is 30.9 Å². The summed E-state index contributed by atoms with van der Waals surface area (Å²) in [5.74, 6) is 0.809. The highest BCUT2D eigenvalue weighted by molar-refractivity contribution is 8.01. The van der Waals surface area contributed by atoms with E-state index >= 15 is 0 Å². The Kier molecular flexibility index (Phi) is 4.88. The van der Waals surface area contributed by atoms with Gasteiger partial charge in [-0.1, -0.05) is 6.07 Å². The topological polar surface area (TPSA) is 38.3 Å². The number of carbonyl (C=O) groups is 1. The fourth-order valence-corrected chi connectivity index (χ4v) is 3.44. The highest BCUT2D eigenvalue weighted by Gasteiger charge is 2.28. The largest absolute Gasteiger partial charge is 0.468 e. The SMILES string of the molecule is COC(=O)C(CCSc1cccs1)NC1CC1. The minimum Gasteiger partial charge on any atom is -0.468 e. The van der Waals surface area contributed by atoms with Crippen molar-refractivity contribution in [2.45, 2.75) is 35.6 Å². The molecule has 0 aromatic carbocycles. The summed E-state index contributed by atoms with van der Waals surface area (Å²) in [6.45, 7) is 0. The zero-order valence-electron chi connectivity index (χ0n) is 9.85. The Hall–Kier alpha value is -0.520. The number of nitrogens with one attached hydrogen (secondary N) is 1. The first kappa shape index (κ1) is 12.9. The Balaban J connectivity index is 1.74. The quantitative estimate of drug-likeness (QED) is 0.611. The Morgan fingerprint density at radius 1 is 1.71 bits per heavy atom. The highest BCUT2D eigenvalue weighted by atomic mass is 32.2. The van der Waals surface area contributed by atoms with Gasteiger partial charge in [0.2, 0.25) is 0 Å². The molecule has 0 aliphatic heterocycles. The number of thioether (sulfide) groups is 1. The van der Waals surface area contributed by atoms with Crippen molar-refractivity contribution >= 4 is 29.1 Å². The Labute approximate surface area is 110 Å². The van der Waals surface area contributed by atoms with Crippen LogP contribution in [0.2, 0.25) is 0 Å². The van der Waals surface area contributed by atoms with Crippen molar-refractivity contribution in [3.05, 3.63) is 17.5 Å². The molecule has 1 unspecified atom stereocenters. The van der Waals surface area contributed by atoms with Gasteiger partial charge in [-0.15, -0.1) is 23.1 Å². The van der Waals surface area contributed by atoms with Gasteiger partial charge in [-0.05, 0) is 30.7 Å². The Bertz CT molecular complexity index is 349. The van der Waals surface area contributed by atoms with Crippen LogP contribution < -0.4 is 5.32 Å². The average Bonchev–Trinajstić information content (AvgIpc) is 3.01. The van der Waals surface area contributed by atoms with E-state index in [0.29, 0.717) is 6.04 Å². The second-order valence-corrected chi connectivity index (χ2v) is 6.43. The van der Waals surface area contributed by atoms with Crippen LogP contribution in [0.15, 0.2) is 21.7 Å². The van der Waals surface area contributed by atoms with Crippen molar-refractivity contribution in [1.29, 1.82) is 0 Å². The summed E-state index contributed by atoms with van der Waals surface area (Å²) in [5.41, 5.74) is 0. The standard InChI is InChI=1S/C12H17NO2S2/c1-15-12(14)10(13-9-4-5-9)6-8-17-11-3-2-7-16-11/h2-3,7,9-10,13H,4-6,8H2,1H3. The molecular weight excluding hydrogens is 254 g/mol. The molecular formula is C12H17NO2S2. The third kappa shape index (κ3) is 4.33. The third-order valence-corrected chi connectivity index (χ3v) is 4.81. The van der Waals surface area contributed by atoms with Gasteiger partial charge in [-0.3, -0.25) is 4.79 Å². The van der Waals surface area contributed by atoms with Crippen molar-refractivity contribution in [1.82, 2.24) is 5.32 Å². The first-order valence-corrected chi connectivity index (χ1v) is 7.66. The van der Waals surface area contributed by atoms with Crippen LogP contribution in [-0.2, 0) is 9.53 Å². The molecule has 1 aromatic rings. The second-order valence-electron chi connectivity index (χ2n) is 4.09. The molecule has 2 rings (SSSR count). The first-order chi connectivity index (χ1) is 8.29. The molecule has 94 valence electrons. The van der Waals surface area contributed by atoms with Crippen LogP contribution in [0.5, 0.6) is 0 Å². The van der Waals surface area contributed by atoms with Crippen LogP contribution in [0.3, 0.4) is 0 Å². The molecule has 1 aliphatic rings. The number of carbonyl (C=O) groups excluding carboxylic acids is 1. The van der Waals surface area contributed by atoms with Gasteiger partial charge >= 0.3 is 5.97 Å². The van der Waals surface area contributed by atoms with Crippen LogP contribution in [0.4, 0.5) is 0 Å². The molecule has 1 aromatic heterocycles. The highest BCUT2D eigenvalue weighted by Crippen LogP contribution is 2.25. The zero-order chi connectivity index (χ0) is 12.1. The van der Waals surface area contributed by atoms with Crippen LogP contribution in [0.25, 0.3) is 0 Å². The normalized spacial score (nSPS) is 16.8. The molecule has 0 bridgehead atoms. The number of rotatable bonds is 7. The van der Waals surface area contributed by atoms with E-state index in [1.807, 2.05) is 6.07 Å². The van der Waals surface area contributed by atoms with Gasteiger partial charge in [0, 0.05) is 11.8 Å². The van der Waals surface area contributed by atoms with Crippen LogP contribution >= 0.6 is 23.1 Å². The number of thiophene rings is 1. The summed E-state index contributed by atoms with van der Waals surface area (Å²) in [6.07, 6.45) is 3.20. The molecule has 3 nitrogen and oxygen atoms in total. The molecule has 0 spiro atoms. The fraction of sp³-hybridized carbons (Fsp3) is 0.583. The van der Waals surface area contributed by atoms with Gasteiger partial charge in [0.05, 0.1) is 11.3 Å². The summed E-state index contributed by atoms with van der Waals surface area (Å²) >= 11 is 3.54. The average molecular weight is 271 g/mol. The summed E-state index contributed by atoms with van der Waals surface area (Å²) in [4.78, 5) is 11.6. The van der Waals surface area contributed by atoms with Crippen LogP contribution in [0.1, 0.15) is 19.3 Å². The number of esters is 1. The Morgan fingerprint density at radius 2 is 2.53 bits per heavy atom. The predicted octanol–water partition coefficient (Wildman–Crippen LogP) is 2.52. The molecule has 1 atom stereocenters. The molecule has 1 heterocycles. The lowest BCUT2D eigenvalue weighted by atomic mass is 10.2. The van der Waals surface area contributed by atoms with E-state index in [-0.39, 0.29) is 12.0 Å². The van der Waals surface area contributed by atoms with Gasteiger partial charge in [-0.25, -0.2) is 0 Å². The van der Waals surface area contributed by atoms with Gasteiger partial charge in [-0.2, -0.15) is 0 Å². The van der Waals surface area contributed by atoms with E-state index in [1.54, 1.807) is 23.1 Å². The number of hydrogen-bond donors (Lipinski definition) is 1. The molecule has 0 amide bonds. The summed E-state index contributed by atoms with van der Waals surface area (Å²) in [7, 11) is 1.45. The lowest BCUT2D eigenvalue weighted by Crippen LogP contribution is -2.39. The van der Waals surface area contributed by atoms with Gasteiger partial charge in [0.25, 0.3) is 0 Å². The summed E-state index contributed by atoms with van der Waals surface area (Å²) < 4.78 is 6.13. The smallest absolute Gasteiger partial charge is 0.322 e. The van der Waals surface area contributed by atoms with E-state index in [0.717, 1.165) is 12.2 Å². The number of hydrogen-bond acceptors (Lipinski definition) is 5. The molecule has 5 heteroatoms. The van der Waals surface area contributed by atoms with E-state index < -0.39 is 0 Å². The molecule has 1 fully saturated rings. The zero-order valence-corrected chi connectivity index (χ0v) is 11.5. The molecule has 17 heavy (non-hydrogen) atoms. The maximum absolute atomic E-state index is 11.6. The monoisotopic (exact) mass is 271 g/mol. The van der Waals surface area contributed by atoms with E-state index in [9.17, 15) is 4.79 Å². The van der Waals surface area contributed by atoms with Crippen molar-refractivity contribution in [3.63, 3.8) is 0 Å². The summed E-state index contributed by atoms with van der Waals surface area (Å²) in [5, 5.41) is 5.41. The Morgan fingerprint density at radius 3 is 3.12 bits per heavy atom. The van der Waals surface area contributed by atoms with Gasteiger partial charge < -0.3 is 10.1 Å². The number of ether oxygens (including phenoxy) is 1.